The van der Waals surface area contributed by atoms with E-state index < -0.39 is 0 Å². The number of amides is 1. The summed E-state index contributed by atoms with van der Waals surface area (Å²) < 4.78 is 2.95. The second-order valence-electron chi connectivity index (χ2n) is 8.82. The number of hydrogen-bond donors (Lipinski definition) is 1. The maximum Gasteiger partial charge on any atom is 0.244 e. The number of aromatic nitrogens is 1. The predicted octanol–water partition coefficient (Wildman–Crippen LogP) is 6.13. The molecule has 0 spiro atoms. The third kappa shape index (κ3) is 3.99. The molecule has 0 bridgehead atoms. The molecule has 1 aliphatic carbocycles. The minimum atomic E-state index is -0.104. The summed E-state index contributed by atoms with van der Waals surface area (Å²) in [6.45, 7) is 7.07. The van der Waals surface area contributed by atoms with Crippen LogP contribution in [0.5, 0.6) is 0 Å². The highest BCUT2D eigenvalue weighted by Gasteiger charge is 2.32. The highest BCUT2D eigenvalue weighted by Crippen LogP contribution is 2.44. The van der Waals surface area contributed by atoms with Crippen LogP contribution in [0.25, 0.3) is 10.9 Å². The molecular weight excluding hydrogens is 446 g/mol. The van der Waals surface area contributed by atoms with Crippen molar-refractivity contribution < 1.29 is 4.79 Å². The first-order chi connectivity index (χ1) is 13.8. The summed E-state index contributed by atoms with van der Waals surface area (Å²) in [5.41, 5.74) is 3.07. The zero-order chi connectivity index (χ0) is 20.8. The number of carbonyl (C=O) groups is 1. The first-order valence-electron chi connectivity index (χ1n) is 9.85. The molecule has 4 nitrogen and oxygen atoms in total. The monoisotopic (exact) mass is 469 g/mol. The highest BCUT2D eigenvalue weighted by molar-refractivity contribution is 9.10. The average molecular weight is 470 g/mol. The van der Waals surface area contributed by atoms with Gasteiger partial charge in [0.05, 0.1) is 5.56 Å². The van der Waals surface area contributed by atoms with Crippen LogP contribution < -0.4 is 5.32 Å². The van der Waals surface area contributed by atoms with Crippen LogP contribution >= 0.6 is 27.3 Å². The van der Waals surface area contributed by atoms with E-state index in [1.54, 1.807) is 11.3 Å². The van der Waals surface area contributed by atoms with Gasteiger partial charge in [-0.15, -0.1) is 11.3 Å². The van der Waals surface area contributed by atoms with Crippen molar-refractivity contribution >= 4 is 49.1 Å². The van der Waals surface area contributed by atoms with Crippen molar-refractivity contribution in [1.29, 1.82) is 5.26 Å². The van der Waals surface area contributed by atoms with E-state index >= 15 is 0 Å². The van der Waals surface area contributed by atoms with Crippen LogP contribution in [0.15, 0.2) is 34.9 Å². The van der Waals surface area contributed by atoms with Crippen molar-refractivity contribution in [1.82, 2.24) is 4.57 Å². The van der Waals surface area contributed by atoms with Crippen LogP contribution in [-0.2, 0) is 24.2 Å². The van der Waals surface area contributed by atoms with E-state index in [1.807, 2.05) is 35.0 Å². The molecule has 6 heteroatoms. The Kier molecular flexibility index (Phi) is 5.30. The molecule has 0 unspecified atom stereocenters. The molecule has 0 fully saturated rings. The molecule has 0 radical (unpaired) electrons. The number of halogens is 1. The van der Waals surface area contributed by atoms with Gasteiger partial charge in [-0.05, 0) is 60.4 Å². The van der Waals surface area contributed by atoms with Crippen LogP contribution in [0, 0.1) is 22.7 Å². The fraction of sp³-hybridized carbons (Fsp3) is 0.391. The zero-order valence-corrected chi connectivity index (χ0v) is 19.3. The van der Waals surface area contributed by atoms with Gasteiger partial charge in [0.1, 0.15) is 17.6 Å². The first kappa shape index (κ1) is 20.2. The fourth-order valence-corrected chi connectivity index (χ4v) is 5.83. The number of nitrogens with one attached hydrogen (secondary N) is 1. The second-order valence-corrected chi connectivity index (χ2v) is 10.8. The number of carbonyl (C=O) groups excluding carboxylic acids is 1. The van der Waals surface area contributed by atoms with Crippen molar-refractivity contribution in [2.24, 2.45) is 11.3 Å². The molecule has 150 valence electrons. The lowest BCUT2D eigenvalue weighted by Crippen LogP contribution is -2.26. The van der Waals surface area contributed by atoms with Crippen LogP contribution in [0.4, 0.5) is 5.00 Å². The SMILES string of the molecule is CC(C)(C)[C@H]1CCc2c(sc(NC(=O)Cn3ccc4cc(Br)ccc43)c2C#N)C1. The van der Waals surface area contributed by atoms with Crippen molar-refractivity contribution in [2.45, 2.75) is 46.6 Å². The van der Waals surface area contributed by atoms with E-state index in [2.05, 4.69) is 48.1 Å². The van der Waals surface area contributed by atoms with Gasteiger partial charge < -0.3 is 9.88 Å². The molecule has 4 rings (SSSR count). The van der Waals surface area contributed by atoms with Gasteiger partial charge in [0.2, 0.25) is 5.91 Å². The molecule has 1 N–H and O–H groups in total. The van der Waals surface area contributed by atoms with Gasteiger partial charge in [0, 0.05) is 26.4 Å². The highest BCUT2D eigenvalue weighted by atomic mass is 79.9. The summed E-state index contributed by atoms with van der Waals surface area (Å²) in [6, 6.07) is 10.4. The van der Waals surface area contributed by atoms with E-state index in [0.29, 0.717) is 16.5 Å². The van der Waals surface area contributed by atoms with Crippen LogP contribution in [-0.4, -0.2) is 10.5 Å². The van der Waals surface area contributed by atoms with Crippen molar-refractivity contribution in [3.63, 3.8) is 0 Å². The summed E-state index contributed by atoms with van der Waals surface area (Å²) in [4.78, 5) is 14.0. The van der Waals surface area contributed by atoms with Crippen molar-refractivity contribution in [3.8, 4) is 6.07 Å². The normalized spacial score (nSPS) is 16.4. The Bertz CT molecular complexity index is 1130. The lowest BCUT2D eigenvalue weighted by Gasteiger charge is -2.33. The van der Waals surface area contributed by atoms with Gasteiger partial charge >= 0.3 is 0 Å². The lowest BCUT2D eigenvalue weighted by molar-refractivity contribution is -0.116. The second kappa shape index (κ2) is 7.62. The van der Waals surface area contributed by atoms with E-state index in [9.17, 15) is 10.1 Å². The number of nitrogens with zero attached hydrogens (tertiary/aromatic N) is 2. The Morgan fingerprint density at radius 1 is 1.38 bits per heavy atom. The summed E-state index contributed by atoms with van der Waals surface area (Å²) in [7, 11) is 0. The zero-order valence-electron chi connectivity index (χ0n) is 16.9. The van der Waals surface area contributed by atoms with Gasteiger partial charge in [-0.25, -0.2) is 0 Å². The first-order valence-corrected chi connectivity index (χ1v) is 11.5. The van der Waals surface area contributed by atoms with Gasteiger partial charge in [0.25, 0.3) is 0 Å². The minimum Gasteiger partial charge on any atom is -0.338 e. The standard InChI is InChI=1S/C23H24BrN3OS/c1-23(2,3)15-4-6-17-18(12-25)22(29-20(17)11-15)26-21(28)13-27-9-8-14-10-16(24)5-7-19(14)27/h5,7-10,15H,4,6,11,13H2,1-3H3,(H,26,28)/t15-/m0/s1. The Morgan fingerprint density at radius 2 is 2.17 bits per heavy atom. The molecule has 0 saturated heterocycles. The molecule has 1 aliphatic rings. The number of thiophene rings is 1. The molecule has 29 heavy (non-hydrogen) atoms. The molecule has 1 aromatic carbocycles. The minimum absolute atomic E-state index is 0.104. The number of fused-ring (bicyclic) bond motifs is 2. The van der Waals surface area contributed by atoms with E-state index in [-0.39, 0.29) is 17.9 Å². The van der Waals surface area contributed by atoms with Crippen LogP contribution in [0.3, 0.4) is 0 Å². The van der Waals surface area contributed by atoms with Gasteiger partial charge in [-0.1, -0.05) is 36.7 Å². The van der Waals surface area contributed by atoms with E-state index in [1.165, 1.54) is 4.88 Å². The Morgan fingerprint density at radius 3 is 2.90 bits per heavy atom. The summed E-state index contributed by atoms with van der Waals surface area (Å²) in [5.74, 6) is 0.502. The molecule has 2 heterocycles. The molecule has 0 aliphatic heterocycles. The Hall–Kier alpha value is -2.10. The number of hydrogen-bond acceptors (Lipinski definition) is 3. The average Bonchev–Trinajstić information content (AvgIpc) is 3.20. The van der Waals surface area contributed by atoms with Gasteiger partial charge in [-0.3, -0.25) is 4.79 Å². The third-order valence-corrected chi connectivity index (χ3v) is 7.56. The van der Waals surface area contributed by atoms with Crippen molar-refractivity contribution in [2.75, 3.05) is 5.32 Å². The maximum atomic E-state index is 12.8. The van der Waals surface area contributed by atoms with Gasteiger partial charge in [-0.2, -0.15) is 5.26 Å². The number of nitriles is 1. The fourth-order valence-electron chi connectivity index (χ4n) is 4.16. The van der Waals surface area contributed by atoms with Crippen LogP contribution in [0.1, 0.15) is 43.2 Å². The summed E-state index contributed by atoms with van der Waals surface area (Å²) in [5, 5.41) is 14.5. The number of rotatable bonds is 3. The summed E-state index contributed by atoms with van der Waals surface area (Å²) >= 11 is 5.06. The third-order valence-electron chi connectivity index (χ3n) is 5.90. The molecule has 0 saturated carbocycles. The van der Waals surface area contributed by atoms with Crippen LogP contribution in [0.2, 0.25) is 0 Å². The Balaban J connectivity index is 1.54. The number of anilines is 1. The van der Waals surface area contributed by atoms with E-state index in [4.69, 9.17) is 0 Å². The molecule has 2 aromatic heterocycles. The summed E-state index contributed by atoms with van der Waals surface area (Å²) in [6.07, 6.45) is 4.93. The van der Waals surface area contributed by atoms with Gasteiger partial charge in [0.15, 0.2) is 0 Å². The topological polar surface area (TPSA) is 57.8 Å². The quantitative estimate of drug-likeness (QED) is 0.501. The number of benzene rings is 1. The molecule has 1 atom stereocenters. The Labute approximate surface area is 183 Å². The molecule has 3 aromatic rings. The molecular formula is C23H24BrN3OS. The smallest absolute Gasteiger partial charge is 0.244 e. The maximum absolute atomic E-state index is 12.8. The lowest BCUT2D eigenvalue weighted by atomic mass is 9.72. The largest absolute Gasteiger partial charge is 0.338 e. The molecule has 1 amide bonds. The van der Waals surface area contributed by atoms with Crippen molar-refractivity contribution in [3.05, 3.63) is 50.9 Å². The predicted molar refractivity (Wildman–Crippen MR) is 122 cm³/mol. The van der Waals surface area contributed by atoms with E-state index in [0.717, 1.165) is 40.2 Å².